The lowest BCUT2D eigenvalue weighted by Gasteiger charge is -2.31. The Labute approximate surface area is 219 Å². The Bertz CT molecular complexity index is 1540. The van der Waals surface area contributed by atoms with Gasteiger partial charge >= 0.3 is 12.1 Å². The Balaban J connectivity index is 1.43. The molecule has 0 spiro atoms. The Morgan fingerprint density at radius 3 is 2.71 bits per heavy atom. The van der Waals surface area contributed by atoms with Crippen LogP contribution >= 0.6 is 0 Å². The van der Waals surface area contributed by atoms with Crippen LogP contribution in [0.4, 0.5) is 4.79 Å². The number of aryl methyl sites for hydroxylation is 1. The molecule has 2 aromatic heterocycles. The van der Waals surface area contributed by atoms with E-state index in [2.05, 4.69) is 5.43 Å². The van der Waals surface area contributed by atoms with Crippen molar-refractivity contribution < 1.29 is 24.2 Å². The van der Waals surface area contributed by atoms with Crippen LogP contribution in [-0.4, -0.2) is 44.8 Å². The molecule has 0 aliphatic carbocycles. The monoisotopic (exact) mass is 518 g/mol. The number of benzene rings is 1. The summed E-state index contributed by atoms with van der Waals surface area (Å²) in [5.41, 5.74) is 4.80. The molecule has 1 fully saturated rings. The first-order valence-corrected chi connectivity index (χ1v) is 13.2. The van der Waals surface area contributed by atoms with Gasteiger partial charge in [-0.25, -0.2) is 19.6 Å². The third-order valence-corrected chi connectivity index (χ3v) is 7.91. The molecule has 0 radical (unpaired) electrons. The molecule has 5 heterocycles. The summed E-state index contributed by atoms with van der Waals surface area (Å²) in [5, 5.41) is 13.7. The van der Waals surface area contributed by atoms with Crippen molar-refractivity contribution in [1.82, 2.24) is 20.0 Å². The highest BCUT2D eigenvalue weighted by molar-refractivity contribution is 5.93. The second-order valence-corrected chi connectivity index (χ2v) is 10.1. The smallest absolute Gasteiger partial charge is 0.427 e. The fraction of sp³-hybridized carbons (Fsp3) is 0.429. The highest BCUT2D eigenvalue weighted by Gasteiger charge is 2.45. The number of pyridine rings is 2. The van der Waals surface area contributed by atoms with Crippen LogP contribution in [0, 0.1) is 0 Å². The summed E-state index contributed by atoms with van der Waals surface area (Å²) in [4.78, 5) is 43.5. The first kappa shape index (κ1) is 24.6. The van der Waals surface area contributed by atoms with Crippen LogP contribution in [-0.2, 0) is 34.7 Å². The standard InChI is InChI=1S/C28H30N4O6/c1-3-16-8-9-22(38-27(35)30-31-10-6-5-7-11-31)18-12-17-14-32-21(24(17)29-23(16)18)13-20-19(25(32)33)15-37-26(34)28(20,36)4-2/h8-9,12-13,36H,3-7,10-11,14-15H2,1-2H3,(H,30,35)/t28-/m0/s1. The largest absolute Gasteiger partial charge is 0.458 e. The molecule has 3 aliphatic rings. The third kappa shape index (κ3) is 3.78. The van der Waals surface area contributed by atoms with Crippen molar-refractivity contribution in [1.29, 1.82) is 0 Å². The predicted octanol–water partition coefficient (Wildman–Crippen LogP) is 3.13. The van der Waals surface area contributed by atoms with Crippen LogP contribution in [0.25, 0.3) is 22.3 Å². The van der Waals surface area contributed by atoms with Gasteiger partial charge < -0.3 is 19.1 Å². The number of nitrogens with one attached hydrogen (secondary N) is 1. The minimum atomic E-state index is -1.88. The van der Waals surface area contributed by atoms with Crippen LogP contribution in [0.2, 0.25) is 0 Å². The van der Waals surface area contributed by atoms with Gasteiger partial charge in [-0.2, -0.15) is 0 Å². The van der Waals surface area contributed by atoms with Crippen molar-refractivity contribution in [3.8, 4) is 17.1 Å². The molecule has 1 amide bonds. The van der Waals surface area contributed by atoms with E-state index in [1.807, 2.05) is 24.1 Å². The van der Waals surface area contributed by atoms with Crippen molar-refractivity contribution >= 4 is 23.0 Å². The van der Waals surface area contributed by atoms with E-state index in [-0.39, 0.29) is 36.3 Å². The zero-order valence-electron chi connectivity index (χ0n) is 21.5. The van der Waals surface area contributed by atoms with Gasteiger partial charge in [0, 0.05) is 29.6 Å². The summed E-state index contributed by atoms with van der Waals surface area (Å²) in [5.74, 6) is -0.358. The molecular formula is C28H30N4O6. The van der Waals surface area contributed by atoms with Gasteiger partial charge in [-0.3, -0.25) is 10.2 Å². The Kier molecular flexibility index (Phi) is 5.96. The van der Waals surface area contributed by atoms with Gasteiger partial charge in [0.25, 0.3) is 5.56 Å². The molecule has 198 valence electrons. The van der Waals surface area contributed by atoms with Gasteiger partial charge in [-0.1, -0.05) is 26.3 Å². The number of carbonyl (C=O) groups is 2. The molecule has 1 aromatic carbocycles. The van der Waals surface area contributed by atoms with E-state index < -0.39 is 17.7 Å². The molecule has 0 bridgehead atoms. The number of carbonyl (C=O) groups excluding carboxylic acids is 2. The predicted molar refractivity (Wildman–Crippen MR) is 138 cm³/mol. The van der Waals surface area contributed by atoms with Crippen LogP contribution in [0.1, 0.15) is 61.8 Å². The normalized spacial score (nSPS) is 20.4. The lowest BCUT2D eigenvalue weighted by molar-refractivity contribution is -0.172. The molecule has 38 heavy (non-hydrogen) atoms. The van der Waals surface area contributed by atoms with Crippen LogP contribution in [0.15, 0.2) is 29.1 Å². The second-order valence-electron chi connectivity index (χ2n) is 10.1. The SMILES string of the molecule is CCc1ccc(OC(=O)NN2CCCCC2)c2cc3c(nc12)-c1cc2c(c(=O)n1C3)COC(=O)[C@]2(O)CC. The molecule has 0 unspecified atom stereocenters. The molecule has 0 saturated carbocycles. The van der Waals surface area contributed by atoms with E-state index in [4.69, 9.17) is 14.5 Å². The zero-order valence-corrected chi connectivity index (χ0v) is 21.5. The van der Waals surface area contributed by atoms with Gasteiger partial charge in [0.15, 0.2) is 5.60 Å². The first-order valence-electron chi connectivity index (χ1n) is 13.2. The number of amides is 1. The van der Waals surface area contributed by atoms with Gasteiger partial charge in [0.2, 0.25) is 0 Å². The van der Waals surface area contributed by atoms with Gasteiger partial charge in [0.1, 0.15) is 12.4 Å². The Morgan fingerprint density at radius 1 is 1.18 bits per heavy atom. The molecule has 3 aromatic rings. The number of fused-ring (bicyclic) bond motifs is 5. The highest BCUT2D eigenvalue weighted by atomic mass is 16.6. The summed E-state index contributed by atoms with van der Waals surface area (Å²) in [6, 6.07) is 7.29. The number of hydrogen-bond acceptors (Lipinski definition) is 8. The van der Waals surface area contributed by atoms with E-state index in [0.717, 1.165) is 43.5 Å². The molecule has 3 aliphatic heterocycles. The van der Waals surface area contributed by atoms with E-state index in [0.29, 0.717) is 34.5 Å². The third-order valence-electron chi connectivity index (χ3n) is 7.91. The minimum absolute atomic E-state index is 0.0832. The number of hydrogen-bond donors (Lipinski definition) is 2. The van der Waals surface area contributed by atoms with E-state index in [9.17, 15) is 19.5 Å². The second kappa shape index (κ2) is 9.21. The average molecular weight is 519 g/mol. The number of cyclic esters (lactones) is 1. The van der Waals surface area contributed by atoms with Crippen molar-refractivity contribution in [3.63, 3.8) is 0 Å². The van der Waals surface area contributed by atoms with Crippen molar-refractivity contribution in [3.05, 3.63) is 56.9 Å². The fourth-order valence-corrected chi connectivity index (χ4v) is 5.73. The Hall–Kier alpha value is -3.76. The van der Waals surface area contributed by atoms with Crippen molar-refractivity contribution in [2.75, 3.05) is 13.1 Å². The van der Waals surface area contributed by atoms with E-state index in [1.54, 1.807) is 23.6 Å². The number of rotatable bonds is 4. The molecule has 1 atom stereocenters. The quantitative estimate of drug-likeness (QED) is 0.395. The van der Waals surface area contributed by atoms with Gasteiger partial charge in [0.05, 0.1) is 29.0 Å². The Morgan fingerprint density at radius 2 is 1.97 bits per heavy atom. The lowest BCUT2D eigenvalue weighted by atomic mass is 9.86. The molecular weight excluding hydrogens is 488 g/mol. The molecule has 2 N–H and O–H groups in total. The number of esters is 1. The topological polar surface area (TPSA) is 123 Å². The number of aliphatic hydroxyl groups is 1. The molecule has 1 saturated heterocycles. The summed E-state index contributed by atoms with van der Waals surface area (Å²) >= 11 is 0. The number of aromatic nitrogens is 2. The van der Waals surface area contributed by atoms with Crippen molar-refractivity contribution in [2.45, 2.75) is 64.7 Å². The lowest BCUT2D eigenvalue weighted by Crippen LogP contribution is -2.46. The molecule has 10 nitrogen and oxygen atoms in total. The minimum Gasteiger partial charge on any atom is -0.458 e. The average Bonchev–Trinajstić information content (AvgIpc) is 3.29. The van der Waals surface area contributed by atoms with Crippen LogP contribution in [0.5, 0.6) is 5.75 Å². The van der Waals surface area contributed by atoms with E-state index >= 15 is 0 Å². The zero-order chi connectivity index (χ0) is 26.6. The fourth-order valence-electron chi connectivity index (χ4n) is 5.73. The first-order chi connectivity index (χ1) is 18.3. The number of nitrogens with zero attached hydrogens (tertiary/aromatic N) is 3. The highest BCUT2D eigenvalue weighted by Crippen LogP contribution is 2.40. The summed E-state index contributed by atoms with van der Waals surface area (Å²) in [6.07, 6.45) is 3.46. The number of piperidine rings is 1. The van der Waals surface area contributed by atoms with Crippen molar-refractivity contribution in [2.24, 2.45) is 0 Å². The van der Waals surface area contributed by atoms with Crippen LogP contribution in [0.3, 0.4) is 0 Å². The van der Waals surface area contributed by atoms with Gasteiger partial charge in [-0.05, 0) is 49.4 Å². The molecule has 10 heteroatoms. The maximum absolute atomic E-state index is 13.5. The summed E-state index contributed by atoms with van der Waals surface area (Å²) < 4.78 is 12.5. The maximum Gasteiger partial charge on any atom is 0.427 e. The molecule has 6 rings (SSSR count). The van der Waals surface area contributed by atoms with Gasteiger partial charge in [-0.15, -0.1) is 0 Å². The van der Waals surface area contributed by atoms with Crippen LogP contribution < -0.4 is 15.7 Å². The summed E-state index contributed by atoms with van der Waals surface area (Å²) in [6.45, 7) is 5.38. The summed E-state index contributed by atoms with van der Waals surface area (Å²) in [7, 11) is 0. The number of ether oxygens (including phenoxy) is 2. The maximum atomic E-state index is 13.5. The number of hydrazine groups is 1. The van der Waals surface area contributed by atoms with E-state index in [1.165, 1.54) is 0 Å².